The summed E-state index contributed by atoms with van der Waals surface area (Å²) in [7, 11) is 0. The van der Waals surface area contributed by atoms with E-state index < -0.39 is 0 Å². The van der Waals surface area contributed by atoms with Gasteiger partial charge in [-0.15, -0.1) is 10.2 Å². The topological polar surface area (TPSA) is 69.0 Å². The minimum Gasteiger partial charge on any atom is -0.486 e. The molecule has 0 unspecified atom stereocenters. The van der Waals surface area contributed by atoms with Gasteiger partial charge in [-0.25, -0.2) is 0 Å². The highest BCUT2D eigenvalue weighted by Crippen LogP contribution is 2.24. The molecule has 3 aromatic rings. The van der Waals surface area contributed by atoms with Crippen molar-refractivity contribution in [1.29, 1.82) is 0 Å². The molecule has 0 aliphatic rings. The van der Waals surface area contributed by atoms with E-state index in [9.17, 15) is 4.79 Å². The highest BCUT2D eigenvalue weighted by Gasteiger charge is 2.17. The van der Waals surface area contributed by atoms with Crippen molar-refractivity contribution in [2.45, 2.75) is 66.3 Å². The summed E-state index contributed by atoms with van der Waals surface area (Å²) in [5.41, 5.74) is 5.49. The van der Waals surface area contributed by atoms with Crippen LogP contribution in [0, 0.1) is 26.7 Å². The molecule has 0 saturated heterocycles. The Bertz CT molecular complexity index is 1070. The van der Waals surface area contributed by atoms with Gasteiger partial charge in [0.25, 0.3) is 0 Å². The van der Waals surface area contributed by atoms with Crippen LogP contribution in [0.5, 0.6) is 5.75 Å². The van der Waals surface area contributed by atoms with E-state index in [0.717, 1.165) is 46.5 Å². The van der Waals surface area contributed by atoms with Crippen LogP contribution in [0.3, 0.4) is 0 Å². The smallest absolute Gasteiger partial charge is 0.234 e. The van der Waals surface area contributed by atoms with Gasteiger partial charge in [0.05, 0.1) is 5.75 Å². The van der Waals surface area contributed by atoms with Crippen LogP contribution in [0.15, 0.2) is 41.6 Å². The van der Waals surface area contributed by atoms with Crippen molar-refractivity contribution in [3.63, 3.8) is 0 Å². The van der Waals surface area contributed by atoms with Crippen LogP contribution in [-0.2, 0) is 24.4 Å². The molecule has 3 rings (SSSR count). The number of carbonyl (C=O) groups excluding carboxylic acids is 1. The lowest BCUT2D eigenvalue weighted by molar-refractivity contribution is -0.113. The summed E-state index contributed by atoms with van der Waals surface area (Å²) in [4.78, 5) is 12.7. The molecule has 7 heteroatoms. The zero-order chi connectivity index (χ0) is 24.0. The van der Waals surface area contributed by atoms with E-state index in [-0.39, 0.29) is 11.7 Å². The Hall–Kier alpha value is -2.80. The molecule has 176 valence electrons. The first-order valence-corrected chi connectivity index (χ1v) is 12.4. The summed E-state index contributed by atoms with van der Waals surface area (Å²) in [6, 6.07) is 12.3. The maximum Gasteiger partial charge on any atom is 0.234 e. The average Bonchev–Trinajstić information content (AvgIpc) is 3.14. The molecule has 0 aliphatic carbocycles. The Morgan fingerprint density at radius 3 is 2.36 bits per heavy atom. The lowest BCUT2D eigenvalue weighted by Gasteiger charge is -2.14. The van der Waals surface area contributed by atoms with Gasteiger partial charge in [0.1, 0.15) is 12.4 Å². The van der Waals surface area contributed by atoms with Gasteiger partial charge in [-0.3, -0.25) is 4.79 Å². The Morgan fingerprint density at radius 1 is 1.09 bits per heavy atom. The number of nitrogens with zero attached hydrogens (tertiary/aromatic N) is 3. The van der Waals surface area contributed by atoms with Gasteiger partial charge in [0, 0.05) is 12.2 Å². The van der Waals surface area contributed by atoms with Gasteiger partial charge in [0.2, 0.25) is 5.91 Å². The number of amides is 1. The van der Waals surface area contributed by atoms with Crippen LogP contribution < -0.4 is 10.1 Å². The van der Waals surface area contributed by atoms with Crippen molar-refractivity contribution in [1.82, 2.24) is 14.8 Å². The second kappa shape index (κ2) is 11.4. The number of benzene rings is 2. The number of hydrogen-bond donors (Lipinski definition) is 1. The number of hydrogen-bond acceptors (Lipinski definition) is 5. The monoisotopic (exact) mass is 466 g/mol. The molecule has 6 nitrogen and oxygen atoms in total. The van der Waals surface area contributed by atoms with Crippen molar-refractivity contribution >= 4 is 23.4 Å². The number of carbonyl (C=O) groups is 1. The summed E-state index contributed by atoms with van der Waals surface area (Å²) in [5.74, 6) is 2.19. The summed E-state index contributed by atoms with van der Waals surface area (Å²) in [6.07, 6.45) is 1.00. The quantitative estimate of drug-likeness (QED) is 0.386. The Kier molecular flexibility index (Phi) is 8.55. The third-order valence-corrected chi connectivity index (χ3v) is 6.28. The first-order chi connectivity index (χ1) is 15.8. The van der Waals surface area contributed by atoms with Crippen molar-refractivity contribution in [3.05, 3.63) is 64.5 Å². The van der Waals surface area contributed by atoms with Crippen LogP contribution in [0.4, 0.5) is 5.69 Å². The van der Waals surface area contributed by atoms with Gasteiger partial charge >= 0.3 is 0 Å². The maximum absolute atomic E-state index is 12.7. The molecule has 33 heavy (non-hydrogen) atoms. The maximum atomic E-state index is 12.7. The molecule has 0 radical (unpaired) electrons. The number of anilines is 1. The zero-order valence-corrected chi connectivity index (χ0v) is 21.3. The van der Waals surface area contributed by atoms with Gasteiger partial charge in [0.15, 0.2) is 11.0 Å². The molecule has 0 bridgehead atoms. The SMILES string of the molecule is CCc1ccc(OCc2nnc(SCC(=O)Nc3c(C)cc(C)cc3C)n2CC(C)C)cc1. The molecule has 1 aromatic heterocycles. The fourth-order valence-corrected chi connectivity index (χ4v) is 4.50. The third kappa shape index (κ3) is 6.84. The fourth-order valence-electron chi connectivity index (χ4n) is 3.73. The first kappa shape index (κ1) is 24.8. The van der Waals surface area contributed by atoms with Gasteiger partial charge in [-0.2, -0.15) is 0 Å². The minimum atomic E-state index is -0.0528. The molecular formula is C26H34N4O2S. The van der Waals surface area contributed by atoms with E-state index in [4.69, 9.17) is 4.74 Å². The van der Waals surface area contributed by atoms with E-state index in [2.05, 4.69) is 72.0 Å². The van der Waals surface area contributed by atoms with E-state index in [1.807, 2.05) is 26.0 Å². The van der Waals surface area contributed by atoms with E-state index >= 15 is 0 Å². The van der Waals surface area contributed by atoms with Gasteiger partial charge in [-0.1, -0.05) is 62.4 Å². The standard InChI is InChI=1S/C26H34N4O2S/c1-7-21-8-10-22(11-9-21)32-15-23-28-29-26(30(23)14-17(2)3)33-16-24(31)27-25-19(5)12-18(4)13-20(25)6/h8-13,17H,7,14-16H2,1-6H3,(H,27,31). The Labute approximate surface area is 201 Å². The molecule has 0 spiro atoms. The number of nitrogens with one attached hydrogen (secondary N) is 1. The predicted octanol–water partition coefficient (Wildman–Crippen LogP) is 5.73. The second-order valence-corrected chi connectivity index (χ2v) is 9.74. The fraction of sp³-hybridized carbons (Fsp3) is 0.423. The summed E-state index contributed by atoms with van der Waals surface area (Å²) < 4.78 is 8.02. The molecule has 0 aliphatic heterocycles. The molecular weight excluding hydrogens is 432 g/mol. The largest absolute Gasteiger partial charge is 0.486 e. The lowest BCUT2D eigenvalue weighted by atomic mass is 10.1. The molecule has 0 atom stereocenters. The van der Waals surface area contributed by atoms with Gasteiger partial charge in [-0.05, 0) is 61.9 Å². The van der Waals surface area contributed by atoms with E-state index in [1.54, 1.807) is 0 Å². The first-order valence-electron chi connectivity index (χ1n) is 11.4. The number of ether oxygens (including phenoxy) is 1. The number of thioether (sulfide) groups is 1. The van der Waals surface area contributed by atoms with Crippen molar-refractivity contribution in [2.24, 2.45) is 5.92 Å². The lowest BCUT2D eigenvalue weighted by Crippen LogP contribution is -2.17. The summed E-state index contributed by atoms with van der Waals surface area (Å²) in [6.45, 7) is 13.6. The molecule has 0 fully saturated rings. The highest BCUT2D eigenvalue weighted by molar-refractivity contribution is 7.99. The average molecular weight is 467 g/mol. The number of aryl methyl sites for hydroxylation is 4. The van der Waals surface area contributed by atoms with Crippen molar-refractivity contribution in [2.75, 3.05) is 11.1 Å². The second-order valence-electron chi connectivity index (χ2n) is 8.80. The number of rotatable bonds is 10. The molecule has 1 heterocycles. The summed E-state index contributed by atoms with van der Waals surface area (Å²) >= 11 is 1.40. The van der Waals surface area contributed by atoms with E-state index in [0.29, 0.717) is 12.5 Å². The third-order valence-electron chi connectivity index (χ3n) is 5.31. The van der Waals surface area contributed by atoms with Crippen LogP contribution >= 0.6 is 11.8 Å². The molecule has 1 amide bonds. The Balaban J connectivity index is 1.66. The van der Waals surface area contributed by atoms with Crippen molar-refractivity contribution < 1.29 is 9.53 Å². The van der Waals surface area contributed by atoms with Crippen LogP contribution in [0.25, 0.3) is 0 Å². The summed E-state index contributed by atoms with van der Waals surface area (Å²) in [5, 5.41) is 12.5. The minimum absolute atomic E-state index is 0.0528. The van der Waals surface area contributed by atoms with Gasteiger partial charge < -0.3 is 14.6 Å². The molecule has 2 aromatic carbocycles. The Morgan fingerprint density at radius 2 is 1.76 bits per heavy atom. The van der Waals surface area contributed by atoms with Crippen LogP contribution in [0.2, 0.25) is 0 Å². The molecule has 0 saturated carbocycles. The van der Waals surface area contributed by atoms with Crippen molar-refractivity contribution in [3.8, 4) is 5.75 Å². The highest BCUT2D eigenvalue weighted by atomic mass is 32.2. The van der Waals surface area contributed by atoms with E-state index in [1.165, 1.54) is 22.9 Å². The molecule has 1 N–H and O–H groups in total. The zero-order valence-electron chi connectivity index (χ0n) is 20.4. The predicted molar refractivity (Wildman–Crippen MR) is 135 cm³/mol. The normalized spacial score (nSPS) is 11.1. The number of aromatic nitrogens is 3. The van der Waals surface area contributed by atoms with Crippen LogP contribution in [0.1, 0.15) is 48.8 Å². The van der Waals surface area contributed by atoms with Crippen LogP contribution in [-0.4, -0.2) is 26.4 Å².